The molecule has 3 heterocycles. The number of rotatable bonds is 5. The molecule has 1 aromatic carbocycles. The highest BCUT2D eigenvalue weighted by molar-refractivity contribution is 9.10. The summed E-state index contributed by atoms with van der Waals surface area (Å²) in [5.74, 6) is -0.733. The van der Waals surface area contributed by atoms with Crippen molar-refractivity contribution in [2.45, 2.75) is 39.2 Å². The number of aryl methyl sites for hydroxylation is 2. The fourth-order valence-electron chi connectivity index (χ4n) is 4.64. The Bertz CT molecular complexity index is 1200. The topological polar surface area (TPSA) is 75.4 Å². The maximum atomic E-state index is 13.8. The molecule has 0 atom stereocenters. The number of piperidine rings is 1. The zero-order valence-electron chi connectivity index (χ0n) is 17.8. The van der Waals surface area contributed by atoms with Crippen LogP contribution in [0.5, 0.6) is 0 Å². The average molecular weight is 484 g/mol. The third-order valence-electron chi connectivity index (χ3n) is 6.07. The van der Waals surface area contributed by atoms with Crippen LogP contribution in [0.25, 0.3) is 22.2 Å². The molecule has 6 nitrogen and oxygen atoms in total. The van der Waals surface area contributed by atoms with E-state index < -0.39 is 5.97 Å². The number of carboxylic acid groups (broad SMARTS) is 1. The van der Waals surface area contributed by atoms with E-state index >= 15 is 0 Å². The van der Waals surface area contributed by atoms with E-state index in [1.54, 1.807) is 4.57 Å². The van der Waals surface area contributed by atoms with Gasteiger partial charge in [-0.2, -0.15) is 0 Å². The summed E-state index contributed by atoms with van der Waals surface area (Å²) in [5.41, 5.74) is 4.38. The maximum absolute atomic E-state index is 13.8. The highest BCUT2D eigenvalue weighted by Crippen LogP contribution is 2.38. The van der Waals surface area contributed by atoms with Crippen molar-refractivity contribution in [3.8, 4) is 11.1 Å². The second kappa shape index (κ2) is 8.93. The number of nitrogens with zero attached hydrogens (tertiary/aromatic N) is 3. The molecule has 0 unspecified atom stereocenters. The van der Waals surface area contributed by atoms with E-state index in [1.165, 1.54) is 0 Å². The molecule has 0 aliphatic carbocycles. The first kappa shape index (κ1) is 21.7. The summed E-state index contributed by atoms with van der Waals surface area (Å²) in [6.07, 6.45) is 1.52. The fraction of sp³-hybridized carbons (Fsp3) is 0.375. The van der Waals surface area contributed by atoms with Gasteiger partial charge >= 0.3 is 5.97 Å². The molecule has 1 aliphatic heterocycles. The number of likely N-dealkylation sites (tertiary alicyclic amines) is 1. The van der Waals surface area contributed by atoms with Gasteiger partial charge in [0.2, 0.25) is 0 Å². The molecule has 162 valence electrons. The average Bonchev–Trinajstić information content (AvgIpc) is 2.73. The Morgan fingerprint density at radius 2 is 1.97 bits per heavy atom. The Labute approximate surface area is 189 Å². The molecule has 1 aliphatic rings. The largest absolute Gasteiger partial charge is 0.480 e. The van der Waals surface area contributed by atoms with Gasteiger partial charge in [0.05, 0.1) is 6.54 Å². The lowest BCUT2D eigenvalue weighted by Crippen LogP contribution is -2.38. The first-order chi connectivity index (χ1) is 14.9. The summed E-state index contributed by atoms with van der Waals surface area (Å²) >= 11 is 3.57. The summed E-state index contributed by atoms with van der Waals surface area (Å²) < 4.78 is 2.74. The van der Waals surface area contributed by atoms with Crippen LogP contribution < -0.4 is 5.56 Å². The molecule has 7 heteroatoms. The number of aromatic nitrogens is 2. The lowest BCUT2D eigenvalue weighted by molar-refractivity contribution is -0.138. The van der Waals surface area contributed by atoms with Crippen LogP contribution in [0.4, 0.5) is 0 Å². The molecule has 0 amide bonds. The first-order valence-electron chi connectivity index (χ1n) is 10.6. The number of pyridine rings is 2. The number of halogens is 1. The molecule has 4 rings (SSSR count). The third kappa shape index (κ3) is 4.29. The molecule has 0 bridgehead atoms. The van der Waals surface area contributed by atoms with Crippen molar-refractivity contribution in [2.24, 2.45) is 0 Å². The van der Waals surface area contributed by atoms with Crippen molar-refractivity contribution in [1.29, 1.82) is 0 Å². The molecule has 2 aromatic heterocycles. The summed E-state index contributed by atoms with van der Waals surface area (Å²) in [4.78, 5) is 31.5. The summed E-state index contributed by atoms with van der Waals surface area (Å²) in [7, 11) is 0. The molecular weight excluding hydrogens is 458 g/mol. The van der Waals surface area contributed by atoms with Gasteiger partial charge in [0.25, 0.3) is 5.56 Å². The van der Waals surface area contributed by atoms with Gasteiger partial charge in [-0.25, -0.2) is 4.98 Å². The van der Waals surface area contributed by atoms with E-state index in [0.29, 0.717) is 19.6 Å². The van der Waals surface area contributed by atoms with Gasteiger partial charge in [0, 0.05) is 33.2 Å². The van der Waals surface area contributed by atoms with Crippen LogP contribution in [-0.4, -0.2) is 45.2 Å². The zero-order valence-corrected chi connectivity index (χ0v) is 19.4. The highest BCUT2D eigenvalue weighted by atomic mass is 79.9. The van der Waals surface area contributed by atoms with E-state index in [4.69, 9.17) is 10.1 Å². The number of aliphatic carboxylic acids is 1. The number of hydrogen-bond acceptors (Lipinski definition) is 4. The van der Waals surface area contributed by atoms with Crippen LogP contribution >= 0.6 is 15.9 Å². The lowest BCUT2D eigenvalue weighted by Gasteiger charge is -2.32. The van der Waals surface area contributed by atoms with Crippen molar-refractivity contribution in [3.05, 3.63) is 62.5 Å². The molecule has 0 spiro atoms. The van der Waals surface area contributed by atoms with E-state index in [0.717, 1.165) is 50.7 Å². The summed E-state index contributed by atoms with van der Waals surface area (Å²) in [6.45, 7) is 5.85. The predicted octanol–water partition coefficient (Wildman–Crippen LogP) is 4.42. The molecule has 3 aromatic rings. The van der Waals surface area contributed by atoms with Crippen molar-refractivity contribution >= 4 is 32.9 Å². The van der Waals surface area contributed by atoms with Crippen molar-refractivity contribution < 1.29 is 9.90 Å². The maximum Gasteiger partial charge on any atom is 0.317 e. The monoisotopic (exact) mass is 483 g/mol. The van der Waals surface area contributed by atoms with Crippen LogP contribution in [0, 0.1) is 6.92 Å². The summed E-state index contributed by atoms with van der Waals surface area (Å²) in [6, 6.07) is 12.1. The van der Waals surface area contributed by atoms with E-state index in [9.17, 15) is 9.59 Å². The van der Waals surface area contributed by atoms with Crippen molar-refractivity contribution in [3.63, 3.8) is 0 Å². The van der Waals surface area contributed by atoms with Gasteiger partial charge < -0.3 is 5.11 Å². The van der Waals surface area contributed by atoms with Crippen LogP contribution in [0.2, 0.25) is 0 Å². The Morgan fingerprint density at radius 3 is 2.61 bits per heavy atom. The molecule has 0 radical (unpaired) electrons. The van der Waals surface area contributed by atoms with E-state index in [-0.39, 0.29) is 18.0 Å². The van der Waals surface area contributed by atoms with Crippen molar-refractivity contribution in [2.75, 3.05) is 19.6 Å². The zero-order chi connectivity index (χ0) is 22.1. The van der Waals surface area contributed by atoms with Gasteiger partial charge in [-0.05, 0) is 75.5 Å². The van der Waals surface area contributed by atoms with Gasteiger partial charge in [0.15, 0.2) is 0 Å². The Kier molecular flexibility index (Phi) is 6.25. The van der Waals surface area contributed by atoms with Gasteiger partial charge in [-0.3, -0.25) is 19.1 Å². The SMILES string of the molecule is CCn1c(=O)c(C2CCN(CC(=O)O)CC2)c(-c2cccc(Br)c2)c2ccc(C)nc21. The smallest absolute Gasteiger partial charge is 0.317 e. The van der Waals surface area contributed by atoms with Gasteiger partial charge in [-0.15, -0.1) is 0 Å². The standard InChI is InChI=1S/C24H26BrN3O3/c1-3-28-23-19(8-7-15(2)26-23)21(17-5-4-6-18(25)13-17)22(24(28)31)16-9-11-27(12-10-16)14-20(29)30/h4-8,13,16H,3,9-12,14H2,1-2H3,(H,29,30). The van der Waals surface area contributed by atoms with Crippen LogP contribution in [0.3, 0.4) is 0 Å². The number of hydrogen-bond donors (Lipinski definition) is 1. The predicted molar refractivity (Wildman–Crippen MR) is 126 cm³/mol. The Morgan fingerprint density at radius 1 is 1.23 bits per heavy atom. The molecular formula is C24H26BrN3O3. The Hall–Kier alpha value is -2.51. The Balaban J connectivity index is 1.93. The van der Waals surface area contributed by atoms with Gasteiger partial charge in [-0.1, -0.05) is 28.1 Å². The number of carboxylic acids is 1. The second-order valence-corrected chi connectivity index (χ2v) is 9.03. The second-order valence-electron chi connectivity index (χ2n) is 8.12. The van der Waals surface area contributed by atoms with E-state index in [1.807, 2.05) is 49.1 Å². The number of benzene rings is 1. The number of carbonyl (C=O) groups is 1. The molecule has 1 fully saturated rings. The minimum Gasteiger partial charge on any atom is -0.480 e. The normalized spacial score (nSPS) is 15.5. The highest BCUT2D eigenvalue weighted by Gasteiger charge is 2.29. The minimum atomic E-state index is -0.811. The third-order valence-corrected chi connectivity index (χ3v) is 6.56. The van der Waals surface area contributed by atoms with Crippen LogP contribution in [0.1, 0.15) is 36.9 Å². The molecule has 1 N–H and O–H groups in total. The summed E-state index contributed by atoms with van der Waals surface area (Å²) in [5, 5.41) is 10.1. The minimum absolute atomic E-state index is 0.0137. The number of fused-ring (bicyclic) bond motifs is 1. The molecule has 1 saturated heterocycles. The van der Waals surface area contributed by atoms with Gasteiger partial charge in [0.1, 0.15) is 5.65 Å². The lowest BCUT2D eigenvalue weighted by atomic mass is 9.84. The van der Waals surface area contributed by atoms with Crippen LogP contribution in [-0.2, 0) is 11.3 Å². The van der Waals surface area contributed by atoms with Crippen LogP contribution in [0.15, 0.2) is 45.7 Å². The molecule has 0 saturated carbocycles. The first-order valence-corrected chi connectivity index (χ1v) is 11.4. The quantitative estimate of drug-likeness (QED) is 0.581. The fourth-order valence-corrected chi connectivity index (χ4v) is 5.03. The van der Waals surface area contributed by atoms with E-state index in [2.05, 4.69) is 22.0 Å². The van der Waals surface area contributed by atoms with Crippen molar-refractivity contribution in [1.82, 2.24) is 14.5 Å². The molecule has 31 heavy (non-hydrogen) atoms.